The lowest BCUT2D eigenvalue weighted by Crippen LogP contribution is -2.27. The topological polar surface area (TPSA) is 66.2 Å². The molecule has 0 radical (unpaired) electrons. The van der Waals surface area contributed by atoms with Crippen LogP contribution in [0, 0.1) is 6.92 Å². The van der Waals surface area contributed by atoms with Gasteiger partial charge in [0.15, 0.2) is 11.5 Å². The van der Waals surface area contributed by atoms with Crippen molar-refractivity contribution in [3.63, 3.8) is 0 Å². The number of nitrogens with zero attached hydrogens (tertiary/aromatic N) is 3. The quantitative estimate of drug-likeness (QED) is 0.735. The summed E-state index contributed by atoms with van der Waals surface area (Å²) in [5.41, 5.74) is 0.255. The van der Waals surface area contributed by atoms with Gasteiger partial charge in [-0.05, 0) is 25.1 Å². The maximum atomic E-state index is 12.5. The van der Waals surface area contributed by atoms with Crippen LogP contribution in [0.1, 0.15) is 5.82 Å². The number of methoxy groups -OCH3 is 1. The SMILES string of the molecule is COc1ccccc1On1c(C)nc2cnccc2c1=O. The molecule has 6 heteroatoms. The maximum Gasteiger partial charge on any atom is 0.294 e. The molecule has 0 aliphatic rings. The predicted molar refractivity (Wildman–Crippen MR) is 77.6 cm³/mol. The largest absolute Gasteiger partial charge is 0.493 e. The maximum absolute atomic E-state index is 12.5. The lowest BCUT2D eigenvalue weighted by atomic mass is 10.3. The second kappa shape index (κ2) is 5.24. The van der Waals surface area contributed by atoms with Crippen molar-refractivity contribution in [2.45, 2.75) is 6.92 Å². The molecule has 0 amide bonds. The van der Waals surface area contributed by atoms with Crippen LogP contribution in [0.2, 0.25) is 0 Å². The van der Waals surface area contributed by atoms with E-state index in [1.54, 1.807) is 50.7 Å². The average Bonchev–Trinajstić information content (AvgIpc) is 2.52. The van der Waals surface area contributed by atoms with Crippen LogP contribution in [-0.4, -0.2) is 21.8 Å². The molecule has 0 saturated heterocycles. The normalized spacial score (nSPS) is 10.6. The molecular formula is C15H13N3O3. The predicted octanol–water partition coefficient (Wildman–Crippen LogP) is 1.95. The third-order valence-corrected chi connectivity index (χ3v) is 3.05. The van der Waals surface area contributed by atoms with Crippen LogP contribution in [0.25, 0.3) is 10.9 Å². The Labute approximate surface area is 120 Å². The van der Waals surface area contributed by atoms with E-state index in [9.17, 15) is 4.79 Å². The Balaban J connectivity index is 2.15. The van der Waals surface area contributed by atoms with Crippen molar-refractivity contribution in [2.24, 2.45) is 0 Å². The van der Waals surface area contributed by atoms with E-state index in [1.165, 1.54) is 0 Å². The monoisotopic (exact) mass is 283 g/mol. The molecule has 0 spiro atoms. The van der Waals surface area contributed by atoms with Crippen molar-refractivity contribution in [1.82, 2.24) is 14.7 Å². The summed E-state index contributed by atoms with van der Waals surface area (Å²) in [6, 6.07) is 8.73. The number of hydrogen-bond acceptors (Lipinski definition) is 5. The van der Waals surface area contributed by atoms with Gasteiger partial charge in [0.05, 0.1) is 24.2 Å². The minimum Gasteiger partial charge on any atom is -0.493 e. The summed E-state index contributed by atoms with van der Waals surface area (Å²) in [6.07, 6.45) is 3.10. The smallest absolute Gasteiger partial charge is 0.294 e. The number of fused-ring (bicyclic) bond motifs is 1. The number of aromatic nitrogens is 3. The molecule has 0 bridgehead atoms. The van der Waals surface area contributed by atoms with Crippen molar-refractivity contribution in [3.05, 3.63) is 58.9 Å². The fourth-order valence-electron chi connectivity index (χ4n) is 2.03. The highest BCUT2D eigenvalue weighted by Gasteiger charge is 2.12. The van der Waals surface area contributed by atoms with Crippen LogP contribution in [0.3, 0.4) is 0 Å². The Hall–Kier alpha value is -2.89. The molecule has 0 saturated carbocycles. The van der Waals surface area contributed by atoms with Crippen LogP contribution in [-0.2, 0) is 0 Å². The molecule has 2 aromatic heterocycles. The molecule has 6 nitrogen and oxygen atoms in total. The van der Waals surface area contributed by atoms with Crippen molar-refractivity contribution < 1.29 is 9.57 Å². The summed E-state index contributed by atoms with van der Waals surface area (Å²) in [6.45, 7) is 1.70. The first-order valence-electron chi connectivity index (χ1n) is 6.35. The van der Waals surface area contributed by atoms with Crippen LogP contribution >= 0.6 is 0 Å². The number of ether oxygens (including phenoxy) is 1. The van der Waals surface area contributed by atoms with E-state index in [-0.39, 0.29) is 5.56 Å². The average molecular weight is 283 g/mol. The molecule has 2 heterocycles. The lowest BCUT2D eigenvalue weighted by molar-refractivity contribution is 0.186. The molecule has 1 aromatic carbocycles. The fraction of sp³-hybridized carbons (Fsp3) is 0.133. The summed E-state index contributed by atoms with van der Waals surface area (Å²) < 4.78 is 6.37. The van der Waals surface area contributed by atoms with Crippen molar-refractivity contribution in [3.8, 4) is 11.5 Å². The first-order valence-corrected chi connectivity index (χ1v) is 6.35. The number of benzene rings is 1. The first kappa shape index (κ1) is 13.1. The molecule has 0 aliphatic heterocycles. The van der Waals surface area contributed by atoms with E-state index in [0.717, 1.165) is 4.73 Å². The van der Waals surface area contributed by atoms with E-state index < -0.39 is 0 Å². The second-order valence-corrected chi connectivity index (χ2v) is 4.39. The summed E-state index contributed by atoms with van der Waals surface area (Å²) in [5.74, 6) is 1.42. The van der Waals surface area contributed by atoms with Gasteiger partial charge in [-0.15, -0.1) is 4.73 Å². The molecule has 0 aliphatic carbocycles. The van der Waals surface area contributed by atoms with Crippen LogP contribution in [0.4, 0.5) is 0 Å². The Kier molecular flexibility index (Phi) is 3.27. The van der Waals surface area contributed by atoms with E-state index >= 15 is 0 Å². The summed E-state index contributed by atoms with van der Waals surface area (Å²) in [7, 11) is 1.54. The molecule has 106 valence electrons. The highest BCUT2D eigenvalue weighted by molar-refractivity contribution is 5.76. The third kappa shape index (κ3) is 2.31. The van der Waals surface area contributed by atoms with E-state index in [0.29, 0.717) is 28.2 Å². The molecular weight excluding hydrogens is 270 g/mol. The van der Waals surface area contributed by atoms with Crippen LogP contribution in [0.5, 0.6) is 11.5 Å². The third-order valence-electron chi connectivity index (χ3n) is 3.05. The van der Waals surface area contributed by atoms with Crippen molar-refractivity contribution in [1.29, 1.82) is 0 Å². The zero-order chi connectivity index (χ0) is 14.8. The molecule has 3 rings (SSSR count). The van der Waals surface area contributed by atoms with Crippen molar-refractivity contribution >= 4 is 10.9 Å². The van der Waals surface area contributed by atoms with Gasteiger partial charge in [0, 0.05) is 6.20 Å². The summed E-state index contributed by atoms with van der Waals surface area (Å²) in [5, 5.41) is 0.450. The van der Waals surface area contributed by atoms with Gasteiger partial charge in [-0.3, -0.25) is 9.78 Å². The molecule has 0 unspecified atom stereocenters. The van der Waals surface area contributed by atoms with Gasteiger partial charge in [-0.1, -0.05) is 12.1 Å². The molecule has 0 N–H and O–H groups in total. The molecule has 21 heavy (non-hydrogen) atoms. The summed E-state index contributed by atoms with van der Waals surface area (Å²) in [4.78, 5) is 26.4. The van der Waals surface area contributed by atoms with Crippen molar-refractivity contribution in [2.75, 3.05) is 7.11 Å². The number of para-hydroxylation sites is 2. The standard InChI is InChI=1S/C15H13N3O3/c1-10-17-12-9-16-8-7-11(12)15(19)18(10)21-14-6-4-3-5-13(14)20-2/h3-9H,1-2H3. The minimum atomic E-state index is -0.286. The van der Waals surface area contributed by atoms with Gasteiger partial charge < -0.3 is 9.57 Å². The number of rotatable bonds is 3. The Morgan fingerprint density at radius 3 is 2.67 bits per heavy atom. The summed E-state index contributed by atoms with van der Waals surface area (Å²) >= 11 is 0. The highest BCUT2D eigenvalue weighted by Crippen LogP contribution is 2.26. The zero-order valence-corrected chi connectivity index (χ0v) is 11.6. The van der Waals surface area contributed by atoms with Gasteiger partial charge in [-0.2, -0.15) is 0 Å². The van der Waals surface area contributed by atoms with E-state index in [2.05, 4.69) is 9.97 Å². The van der Waals surface area contributed by atoms with E-state index in [1.807, 2.05) is 6.07 Å². The molecule has 3 aromatic rings. The zero-order valence-electron chi connectivity index (χ0n) is 11.6. The lowest BCUT2D eigenvalue weighted by Gasteiger charge is -2.13. The number of pyridine rings is 1. The fourth-order valence-corrected chi connectivity index (χ4v) is 2.03. The Bertz CT molecular complexity index is 858. The van der Waals surface area contributed by atoms with Gasteiger partial charge in [-0.25, -0.2) is 4.98 Å². The minimum absolute atomic E-state index is 0.286. The van der Waals surface area contributed by atoms with Gasteiger partial charge in [0.2, 0.25) is 0 Å². The highest BCUT2D eigenvalue weighted by atomic mass is 16.7. The first-order chi connectivity index (χ1) is 10.2. The van der Waals surface area contributed by atoms with Crippen LogP contribution < -0.4 is 15.1 Å². The van der Waals surface area contributed by atoms with Gasteiger partial charge in [0.1, 0.15) is 5.82 Å². The van der Waals surface area contributed by atoms with Crippen LogP contribution in [0.15, 0.2) is 47.5 Å². The number of hydrogen-bond donors (Lipinski definition) is 0. The molecule has 0 fully saturated rings. The molecule has 0 atom stereocenters. The Morgan fingerprint density at radius 2 is 1.90 bits per heavy atom. The Morgan fingerprint density at radius 1 is 1.14 bits per heavy atom. The van der Waals surface area contributed by atoms with Gasteiger partial charge >= 0.3 is 0 Å². The van der Waals surface area contributed by atoms with E-state index in [4.69, 9.17) is 9.57 Å². The number of aryl methyl sites for hydroxylation is 1. The second-order valence-electron chi connectivity index (χ2n) is 4.39. The van der Waals surface area contributed by atoms with Gasteiger partial charge in [0.25, 0.3) is 5.56 Å².